The normalized spacial score (nSPS) is 11.3. The Morgan fingerprint density at radius 3 is 1.21 bits per heavy atom. The zero-order chi connectivity index (χ0) is 46.8. The maximum Gasteiger partial charge on any atom is 0.317 e. The summed E-state index contributed by atoms with van der Waals surface area (Å²) in [7, 11) is 0. The zero-order valence-corrected chi connectivity index (χ0v) is 37.1. The van der Waals surface area contributed by atoms with E-state index in [-0.39, 0.29) is 167 Å². The van der Waals surface area contributed by atoms with Crippen LogP contribution in [0, 0.1) is 0 Å². The van der Waals surface area contributed by atoms with Crippen molar-refractivity contribution in [3.05, 3.63) is 0 Å². The number of Topliss-reactive ketones (excluding diaryl/α,β-unsaturated/α-hetero) is 2. The third kappa shape index (κ3) is 42.0. The number of amides is 3. The summed E-state index contributed by atoms with van der Waals surface area (Å²) in [6.07, 6.45) is 0.715. The van der Waals surface area contributed by atoms with Crippen LogP contribution in [-0.2, 0) is 62.0 Å². The number of rotatable bonds is 47. The van der Waals surface area contributed by atoms with Gasteiger partial charge < -0.3 is 69.6 Å². The number of aliphatic hydroxyl groups is 2. The molecule has 63 heavy (non-hydrogen) atoms. The number of carboxylic acids is 2. The SMILES string of the molecule is CC(=O)CCC(=O)NCCOCCN(CCOCCO)CC(=O)CCCOCCN(CCOCCNC(=O)CN(CCOCCO)CCOCCNC(=O)CCC(=O)O)CC(=O)O. The fourth-order valence-electron chi connectivity index (χ4n) is 5.34. The van der Waals surface area contributed by atoms with Crippen molar-refractivity contribution < 1.29 is 82.4 Å². The molecule has 0 aromatic rings. The Morgan fingerprint density at radius 2 is 0.794 bits per heavy atom. The Labute approximate surface area is 370 Å². The van der Waals surface area contributed by atoms with E-state index in [2.05, 4.69) is 16.0 Å². The van der Waals surface area contributed by atoms with Gasteiger partial charge in [-0.15, -0.1) is 0 Å². The molecular weight excluding hydrogens is 836 g/mol. The molecule has 0 heterocycles. The van der Waals surface area contributed by atoms with Gasteiger partial charge in [-0.05, 0) is 13.3 Å². The Bertz CT molecular complexity index is 1170. The second-order valence-electron chi connectivity index (χ2n) is 14.1. The van der Waals surface area contributed by atoms with Crippen LogP contribution in [0.3, 0.4) is 0 Å². The molecule has 0 aromatic heterocycles. The maximum absolute atomic E-state index is 12.7. The molecule has 0 aliphatic carbocycles. The highest BCUT2D eigenvalue weighted by Crippen LogP contribution is 1.99. The number of hydrogen-bond acceptors (Lipinski definition) is 18. The van der Waals surface area contributed by atoms with Gasteiger partial charge in [0.1, 0.15) is 11.6 Å². The van der Waals surface area contributed by atoms with E-state index in [0.29, 0.717) is 72.1 Å². The van der Waals surface area contributed by atoms with Crippen LogP contribution in [0.25, 0.3) is 0 Å². The molecular formula is C40H74N6O17. The monoisotopic (exact) mass is 911 g/mol. The molecule has 0 aromatic carbocycles. The molecule has 23 nitrogen and oxygen atoms in total. The number of ketones is 2. The van der Waals surface area contributed by atoms with Gasteiger partial charge in [0.05, 0.1) is 112 Å². The Hall–Kier alpha value is -3.75. The fourth-order valence-corrected chi connectivity index (χ4v) is 5.34. The van der Waals surface area contributed by atoms with Crippen LogP contribution in [0.2, 0.25) is 0 Å². The van der Waals surface area contributed by atoms with Gasteiger partial charge in [-0.2, -0.15) is 0 Å². The topological polar surface area (TPSA) is 302 Å². The van der Waals surface area contributed by atoms with Crippen molar-refractivity contribution in [2.45, 2.75) is 45.4 Å². The van der Waals surface area contributed by atoms with Gasteiger partial charge in [-0.1, -0.05) is 0 Å². The Kier molecular flexibility index (Phi) is 39.7. The number of carboxylic acid groups (broad SMARTS) is 2. The van der Waals surface area contributed by atoms with Gasteiger partial charge >= 0.3 is 11.9 Å². The summed E-state index contributed by atoms with van der Waals surface area (Å²) in [5.74, 6) is -2.97. The second kappa shape index (κ2) is 42.2. The first kappa shape index (κ1) is 59.2. The molecule has 0 saturated heterocycles. The molecule has 0 radical (unpaired) electrons. The van der Waals surface area contributed by atoms with Gasteiger partial charge in [-0.3, -0.25) is 43.5 Å². The van der Waals surface area contributed by atoms with Crippen molar-refractivity contribution >= 4 is 41.2 Å². The first-order chi connectivity index (χ1) is 30.4. The third-order valence-corrected chi connectivity index (χ3v) is 8.63. The predicted molar refractivity (Wildman–Crippen MR) is 226 cm³/mol. The summed E-state index contributed by atoms with van der Waals surface area (Å²) >= 11 is 0. The highest BCUT2D eigenvalue weighted by atomic mass is 16.5. The number of aliphatic carboxylic acids is 2. The van der Waals surface area contributed by atoms with E-state index in [1.807, 2.05) is 9.80 Å². The number of nitrogens with zero attached hydrogens (tertiary/aromatic N) is 3. The number of hydrogen-bond donors (Lipinski definition) is 7. The van der Waals surface area contributed by atoms with Crippen molar-refractivity contribution in [1.29, 1.82) is 0 Å². The molecule has 366 valence electrons. The summed E-state index contributed by atoms with van der Waals surface area (Å²) in [5.41, 5.74) is 0. The maximum atomic E-state index is 12.7. The minimum absolute atomic E-state index is 0.000450. The summed E-state index contributed by atoms with van der Waals surface area (Å²) in [5, 5.41) is 44.0. The van der Waals surface area contributed by atoms with Gasteiger partial charge in [0.25, 0.3) is 0 Å². The molecule has 0 bridgehead atoms. The minimum atomic E-state index is -1.05. The van der Waals surface area contributed by atoms with E-state index < -0.39 is 11.9 Å². The lowest BCUT2D eigenvalue weighted by Crippen LogP contribution is -2.41. The molecule has 0 aliphatic heterocycles. The molecule has 0 atom stereocenters. The lowest BCUT2D eigenvalue weighted by molar-refractivity contribution is -0.139. The Balaban J connectivity index is 4.43. The van der Waals surface area contributed by atoms with E-state index >= 15 is 0 Å². The number of carbonyl (C=O) groups excluding carboxylic acids is 5. The number of carbonyl (C=O) groups is 7. The van der Waals surface area contributed by atoms with Gasteiger partial charge in [-0.25, -0.2) is 0 Å². The van der Waals surface area contributed by atoms with Crippen LogP contribution in [0.15, 0.2) is 0 Å². The molecule has 0 aliphatic rings. The quantitative estimate of drug-likeness (QED) is 0.0299. The van der Waals surface area contributed by atoms with Crippen molar-refractivity contribution in [3.63, 3.8) is 0 Å². The molecule has 0 unspecified atom stereocenters. The lowest BCUT2D eigenvalue weighted by atomic mass is 10.2. The first-order valence-corrected chi connectivity index (χ1v) is 21.5. The van der Waals surface area contributed by atoms with Gasteiger partial charge in [0.2, 0.25) is 17.7 Å². The van der Waals surface area contributed by atoms with E-state index in [4.69, 9.17) is 43.7 Å². The third-order valence-electron chi connectivity index (χ3n) is 8.63. The summed E-state index contributed by atoms with van der Waals surface area (Å²) < 4.78 is 33.1. The largest absolute Gasteiger partial charge is 0.481 e. The summed E-state index contributed by atoms with van der Waals surface area (Å²) in [6, 6.07) is 0. The van der Waals surface area contributed by atoms with Crippen molar-refractivity contribution in [2.75, 3.05) is 171 Å². The molecule has 0 rings (SSSR count). The molecule has 0 saturated carbocycles. The molecule has 0 fully saturated rings. The van der Waals surface area contributed by atoms with Crippen LogP contribution in [0.1, 0.15) is 45.4 Å². The van der Waals surface area contributed by atoms with E-state index in [1.165, 1.54) is 6.92 Å². The number of ether oxygens (including phenoxy) is 6. The van der Waals surface area contributed by atoms with E-state index in [9.17, 15) is 38.7 Å². The van der Waals surface area contributed by atoms with Crippen molar-refractivity contribution in [3.8, 4) is 0 Å². The summed E-state index contributed by atoms with van der Waals surface area (Å²) in [6.45, 7) is 7.28. The highest BCUT2D eigenvalue weighted by Gasteiger charge is 2.14. The standard InChI is InChI=1S/C40H74N6O17/c1-34(49)4-5-36(51)41-8-20-59-24-11-44(12-27-62-29-17-47)31-35(50)3-2-19-58-23-15-46(33-40(56)57)16-26-61-22-10-43-38(53)32-45(14-28-63-30-18-48)13-25-60-21-9-42-37(52)6-7-39(54)55/h47-48H,2-33H2,1H3,(H,41,51)(H,42,52)(H,43,53)(H,54,55)(H,56,57). The second-order valence-corrected chi connectivity index (χ2v) is 14.1. The van der Waals surface area contributed by atoms with Crippen LogP contribution in [0.4, 0.5) is 0 Å². The van der Waals surface area contributed by atoms with Crippen LogP contribution >= 0.6 is 0 Å². The Morgan fingerprint density at radius 1 is 0.413 bits per heavy atom. The molecule has 0 spiro atoms. The average molecular weight is 911 g/mol. The van der Waals surface area contributed by atoms with Crippen LogP contribution in [0.5, 0.6) is 0 Å². The van der Waals surface area contributed by atoms with Crippen molar-refractivity contribution in [2.24, 2.45) is 0 Å². The average Bonchev–Trinajstić information content (AvgIpc) is 3.23. The van der Waals surface area contributed by atoms with Crippen LogP contribution < -0.4 is 16.0 Å². The van der Waals surface area contributed by atoms with E-state index in [0.717, 1.165) is 0 Å². The molecule has 7 N–H and O–H groups in total. The lowest BCUT2D eigenvalue weighted by Gasteiger charge is -2.22. The minimum Gasteiger partial charge on any atom is -0.481 e. The summed E-state index contributed by atoms with van der Waals surface area (Å²) in [4.78, 5) is 87.1. The highest BCUT2D eigenvalue weighted by molar-refractivity contribution is 5.83. The molecule has 23 heteroatoms. The van der Waals surface area contributed by atoms with Crippen LogP contribution in [-0.4, -0.2) is 247 Å². The fraction of sp³-hybridized carbons (Fsp3) is 0.825. The predicted octanol–water partition coefficient (Wildman–Crippen LogP) is -3.01. The van der Waals surface area contributed by atoms with Gasteiger partial charge in [0.15, 0.2) is 0 Å². The number of aliphatic hydroxyl groups excluding tert-OH is 2. The van der Waals surface area contributed by atoms with Crippen molar-refractivity contribution in [1.82, 2.24) is 30.7 Å². The zero-order valence-electron chi connectivity index (χ0n) is 37.1. The van der Waals surface area contributed by atoms with E-state index in [1.54, 1.807) is 4.90 Å². The number of nitrogens with one attached hydrogen (secondary N) is 3. The van der Waals surface area contributed by atoms with Gasteiger partial charge in [0, 0.05) is 91.2 Å². The smallest absolute Gasteiger partial charge is 0.317 e. The molecule has 3 amide bonds. The first-order valence-electron chi connectivity index (χ1n) is 21.5.